The Balaban J connectivity index is 0.00000147. The molecule has 0 spiro atoms. The molecule has 0 radical (unpaired) electrons. The molecule has 3 aromatic rings. The minimum absolute atomic E-state index is 0. The van der Waals surface area contributed by atoms with E-state index >= 15 is 0 Å². The van der Waals surface area contributed by atoms with E-state index in [0.717, 1.165) is 0 Å². The second kappa shape index (κ2) is 5.77. The number of benzene rings is 3. The van der Waals surface area contributed by atoms with Gasteiger partial charge < -0.3 is 0 Å². The Morgan fingerprint density at radius 3 is 2.10 bits per heavy atom. The quantitative estimate of drug-likeness (QED) is 0.517. The first-order chi connectivity index (χ1) is 9.18. The molecular formula is C19H21P. The van der Waals surface area contributed by atoms with Crippen LogP contribution in [0.25, 0.3) is 21.9 Å². The highest BCUT2D eigenvalue weighted by Gasteiger charge is 2.08. The van der Waals surface area contributed by atoms with Gasteiger partial charge in [-0.3, -0.25) is 0 Å². The predicted molar refractivity (Wildman–Crippen MR) is 94.7 cm³/mol. The molecule has 3 aromatic carbocycles. The Kier molecular flexibility index (Phi) is 4.26. The number of rotatable bonds is 1. The number of hydrogen-bond donors (Lipinski definition) is 0. The van der Waals surface area contributed by atoms with Crippen LogP contribution >= 0.6 is 9.90 Å². The number of aryl methyl sites for hydroxylation is 1. The van der Waals surface area contributed by atoms with E-state index < -0.39 is 0 Å². The highest BCUT2D eigenvalue weighted by molar-refractivity contribution is 6.92. The van der Waals surface area contributed by atoms with Crippen LogP contribution in [0.3, 0.4) is 0 Å². The Bertz CT molecular complexity index is 752. The first-order valence-corrected chi connectivity index (χ1v) is 6.73. The number of hydrogen-bond acceptors (Lipinski definition) is 0. The molecule has 0 bridgehead atoms. The average Bonchev–Trinajstić information content (AvgIpc) is 2.45. The van der Waals surface area contributed by atoms with Gasteiger partial charge in [0.1, 0.15) is 0 Å². The Hall–Kier alpha value is -1.65. The van der Waals surface area contributed by atoms with Crippen LogP contribution in [-0.4, -0.2) is 0 Å². The molecule has 0 saturated heterocycles. The third kappa shape index (κ3) is 2.37. The third-order valence-corrected chi connectivity index (χ3v) is 4.14. The van der Waals surface area contributed by atoms with Crippen LogP contribution in [0.1, 0.15) is 16.7 Å². The van der Waals surface area contributed by atoms with E-state index in [1.807, 2.05) is 0 Å². The highest BCUT2D eigenvalue weighted by atomic mass is 31.0. The first-order valence-electron chi connectivity index (χ1n) is 6.73. The molecule has 0 aliphatic heterocycles. The topological polar surface area (TPSA) is 0 Å². The smallest absolute Gasteiger partial charge is 0.0103 e. The van der Waals surface area contributed by atoms with Gasteiger partial charge in [0.2, 0.25) is 0 Å². The summed E-state index contributed by atoms with van der Waals surface area (Å²) in [6.07, 6.45) is 0. The summed E-state index contributed by atoms with van der Waals surface area (Å²) in [6, 6.07) is 19.6. The van der Waals surface area contributed by atoms with Crippen molar-refractivity contribution in [2.24, 2.45) is 0 Å². The van der Waals surface area contributed by atoms with Gasteiger partial charge in [0.05, 0.1) is 0 Å². The lowest BCUT2D eigenvalue weighted by Crippen LogP contribution is -1.91. The summed E-state index contributed by atoms with van der Waals surface area (Å²) in [5.41, 5.74) is 6.82. The molecule has 0 nitrogen and oxygen atoms in total. The fraction of sp³-hybridized carbons (Fsp3) is 0.158. The van der Waals surface area contributed by atoms with Gasteiger partial charge in [0.15, 0.2) is 0 Å². The minimum atomic E-state index is 0. The maximum atomic E-state index is 2.25. The zero-order chi connectivity index (χ0) is 13.4. The molecule has 0 saturated carbocycles. The van der Waals surface area contributed by atoms with Gasteiger partial charge >= 0.3 is 0 Å². The van der Waals surface area contributed by atoms with E-state index in [2.05, 4.69) is 75.4 Å². The third-order valence-electron chi connectivity index (χ3n) is 4.14. The van der Waals surface area contributed by atoms with Crippen molar-refractivity contribution in [3.05, 3.63) is 71.3 Å². The van der Waals surface area contributed by atoms with Crippen molar-refractivity contribution in [3.8, 4) is 11.1 Å². The predicted octanol–water partition coefficient (Wildman–Crippen LogP) is 5.49. The van der Waals surface area contributed by atoms with Gasteiger partial charge in [-0.2, -0.15) is 9.90 Å². The summed E-state index contributed by atoms with van der Waals surface area (Å²) in [6.45, 7) is 6.61. The second-order valence-electron chi connectivity index (χ2n) is 5.21. The summed E-state index contributed by atoms with van der Waals surface area (Å²) < 4.78 is 0. The Morgan fingerprint density at radius 1 is 0.600 bits per heavy atom. The van der Waals surface area contributed by atoms with Gasteiger partial charge in [0.25, 0.3) is 0 Å². The van der Waals surface area contributed by atoms with Crippen molar-refractivity contribution in [2.45, 2.75) is 20.8 Å². The van der Waals surface area contributed by atoms with Gasteiger partial charge in [0, 0.05) is 0 Å². The lowest BCUT2D eigenvalue weighted by atomic mass is 9.91. The Morgan fingerprint density at radius 2 is 1.30 bits per heavy atom. The van der Waals surface area contributed by atoms with Crippen molar-refractivity contribution < 1.29 is 0 Å². The lowest BCUT2D eigenvalue weighted by Gasteiger charge is -2.13. The summed E-state index contributed by atoms with van der Waals surface area (Å²) in [5, 5.41) is 2.63. The normalized spacial score (nSPS) is 10.3. The summed E-state index contributed by atoms with van der Waals surface area (Å²) in [7, 11) is 0. The van der Waals surface area contributed by atoms with Crippen LogP contribution in [-0.2, 0) is 0 Å². The summed E-state index contributed by atoms with van der Waals surface area (Å²) in [5.74, 6) is 0. The van der Waals surface area contributed by atoms with Gasteiger partial charge in [-0.05, 0) is 59.4 Å². The molecular weight excluding hydrogens is 259 g/mol. The van der Waals surface area contributed by atoms with Crippen LogP contribution in [0.15, 0.2) is 54.6 Å². The maximum absolute atomic E-state index is 2.25. The van der Waals surface area contributed by atoms with Crippen LogP contribution in [0.4, 0.5) is 0 Å². The zero-order valence-corrected chi connectivity index (χ0v) is 13.8. The molecule has 3 rings (SSSR count). The fourth-order valence-corrected chi connectivity index (χ4v) is 2.71. The van der Waals surface area contributed by atoms with E-state index in [1.165, 1.54) is 38.6 Å². The Labute approximate surface area is 124 Å². The summed E-state index contributed by atoms with van der Waals surface area (Å²) >= 11 is 0. The molecule has 1 unspecified atom stereocenters. The van der Waals surface area contributed by atoms with Crippen LogP contribution in [0, 0.1) is 20.8 Å². The van der Waals surface area contributed by atoms with Crippen molar-refractivity contribution in [2.75, 3.05) is 0 Å². The first kappa shape index (κ1) is 14.8. The van der Waals surface area contributed by atoms with Crippen molar-refractivity contribution in [1.82, 2.24) is 0 Å². The standard InChI is InChI=1S/C19H18.H3P/c1-13-11-12-17(15(3)14(13)2)19-10-6-8-16-7-4-5-9-18(16)19;/h4-12H,1-3H3;1H3. The molecule has 20 heavy (non-hydrogen) atoms. The summed E-state index contributed by atoms with van der Waals surface area (Å²) in [4.78, 5) is 0. The monoisotopic (exact) mass is 280 g/mol. The maximum Gasteiger partial charge on any atom is -0.0103 e. The minimum Gasteiger partial charge on any atom is -0.153 e. The molecule has 0 fully saturated rings. The molecule has 0 aliphatic carbocycles. The van der Waals surface area contributed by atoms with E-state index in [0.29, 0.717) is 0 Å². The molecule has 0 aromatic heterocycles. The van der Waals surface area contributed by atoms with Crippen molar-refractivity contribution >= 4 is 20.7 Å². The second-order valence-corrected chi connectivity index (χ2v) is 5.21. The fourth-order valence-electron chi connectivity index (χ4n) is 2.71. The van der Waals surface area contributed by atoms with E-state index in [9.17, 15) is 0 Å². The molecule has 0 amide bonds. The van der Waals surface area contributed by atoms with Crippen LogP contribution in [0.5, 0.6) is 0 Å². The SMILES string of the molecule is Cc1ccc(-c2cccc3ccccc23)c(C)c1C.P. The van der Waals surface area contributed by atoms with E-state index in [4.69, 9.17) is 0 Å². The average molecular weight is 280 g/mol. The lowest BCUT2D eigenvalue weighted by molar-refractivity contribution is 1.27. The largest absolute Gasteiger partial charge is 0.153 e. The van der Waals surface area contributed by atoms with E-state index in [1.54, 1.807) is 0 Å². The molecule has 0 N–H and O–H groups in total. The zero-order valence-electron chi connectivity index (χ0n) is 12.4. The van der Waals surface area contributed by atoms with Gasteiger partial charge in [-0.15, -0.1) is 0 Å². The number of fused-ring (bicyclic) bond motifs is 1. The van der Waals surface area contributed by atoms with Crippen LogP contribution < -0.4 is 0 Å². The van der Waals surface area contributed by atoms with Crippen molar-refractivity contribution in [1.29, 1.82) is 0 Å². The highest BCUT2D eigenvalue weighted by Crippen LogP contribution is 2.32. The van der Waals surface area contributed by atoms with Gasteiger partial charge in [-0.1, -0.05) is 54.6 Å². The van der Waals surface area contributed by atoms with Crippen molar-refractivity contribution in [3.63, 3.8) is 0 Å². The molecule has 0 heterocycles. The van der Waals surface area contributed by atoms with E-state index in [-0.39, 0.29) is 9.90 Å². The van der Waals surface area contributed by atoms with Crippen LogP contribution in [0.2, 0.25) is 0 Å². The molecule has 1 heteroatoms. The molecule has 102 valence electrons. The van der Waals surface area contributed by atoms with Gasteiger partial charge in [-0.25, -0.2) is 0 Å². The molecule has 1 atom stereocenters. The molecule has 0 aliphatic rings.